The fourth-order valence-electron chi connectivity index (χ4n) is 11.7. The molecule has 16 heteroatoms. The Morgan fingerprint density at radius 3 is 1.05 bits per heavy atom. The topological polar surface area (TPSA) is 156 Å². The first kappa shape index (κ1) is 69.3. The van der Waals surface area contributed by atoms with Crippen molar-refractivity contribution in [1.82, 2.24) is 0 Å². The van der Waals surface area contributed by atoms with Crippen LogP contribution in [0.3, 0.4) is 0 Å². The lowest BCUT2D eigenvalue weighted by atomic mass is 9.93. The van der Waals surface area contributed by atoms with Crippen LogP contribution < -0.4 is 0 Å². The van der Waals surface area contributed by atoms with Crippen molar-refractivity contribution in [2.24, 2.45) is 5.41 Å². The van der Waals surface area contributed by atoms with Crippen LogP contribution in [-0.2, 0) is 122 Å². The third-order valence-corrected chi connectivity index (χ3v) is 16.6. The van der Waals surface area contributed by atoms with Gasteiger partial charge in [0.15, 0.2) is 25.0 Å². The van der Waals surface area contributed by atoms with Crippen molar-refractivity contribution in [3.05, 3.63) is 251 Å². The largest absolute Gasteiger partial charge is 0.454 e. The second-order valence-electron chi connectivity index (χ2n) is 24.7. The lowest BCUT2D eigenvalue weighted by Crippen LogP contribution is -2.68. The molecular weight excluding hydrogens is 1180 g/mol. The Kier molecular flexibility index (Phi) is 26.7. The predicted octanol–water partition coefficient (Wildman–Crippen LogP) is 13.1. The van der Waals surface area contributed by atoms with Crippen LogP contribution >= 0.6 is 0 Å². The molecule has 0 bridgehead atoms. The van der Waals surface area contributed by atoms with Crippen LogP contribution in [0.4, 0.5) is 0 Å². The molecule has 0 saturated carbocycles. The van der Waals surface area contributed by atoms with Gasteiger partial charge in [-0.05, 0) is 72.6 Å². The fraction of sp³-hybridized carbons (Fsp3) is 0.442. The van der Waals surface area contributed by atoms with Gasteiger partial charge in [-0.1, -0.05) is 226 Å². The first-order valence-corrected chi connectivity index (χ1v) is 32.7. The van der Waals surface area contributed by atoms with Gasteiger partial charge in [0.25, 0.3) is 0 Å². The second-order valence-corrected chi connectivity index (χ2v) is 24.7. The number of hydrogen-bond donors (Lipinski definition) is 0. The maximum Gasteiger partial charge on any atom is 0.311 e. The van der Waals surface area contributed by atoms with E-state index in [0.717, 1.165) is 38.9 Å². The molecule has 0 amide bonds. The van der Waals surface area contributed by atoms with Gasteiger partial charge in [-0.3, -0.25) is 4.79 Å². The lowest BCUT2D eigenvalue weighted by molar-refractivity contribution is -0.395. The zero-order chi connectivity index (χ0) is 64.6. The number of hydrogen-bond acceptors (Lipinski definition) is 16. The summed E-state index contributed by atoms with van der Waals surface area (Å²) in [4.78, 5) is 14.6. The molecule has 3 aliphatic rings. The molecule has 0 N–H and O–H groups in total. The molecule has 3 aliphatic heterocycles. The minimum Gasteiger partial charge on any atom is -0.454 e. The standard InChI is InChI=1S/C77H92O16/c1-7-44-82-69-66(91-75-72(93-76(78)77(3,4)5)68(86-50-59-40-26-14-27-41-59)64(61(8-2)88-75)83-47-56-34-20-11-21-35-56)63(53-81-46-55-32-18-10-19-33-55)89-73(79-6)71(69)92-74-70(87-51-60-42-28-15-29-43-60)67(85-49-58-38-24-13-25-39-58)65(84-48-57-36-22-12-23-37-57)62(90-74)52-80-45-54-30-16-9-17-31-54/h9-43,61-75H,7-8,44-53H2,1-6H3/t61?,62?,63?,64-,65-,66-,67-,68-,69-,70?,71?,72?,73+,74-,75-/m0/s1. The minimum absolute atomic E-state index is 0.00461. The van der Waals surface area contributed by atoms with Gasteiger partial charge in [0.05, 0.1) is 71.0 Å². The average molecular weight is 1270 g/mol. The van der Waals surface area contributed by atoms with Crippen LogP contribution in [0.5, 0.6) is 0 Å². The molecule has 7 aromatic rings. The van der Waals surface area contributed by atoms with Gasteiger partial charge in [0.2, 0.25) is 0 Å². The van der Waals surface area contributed by atoms with E-state index in [2.05, 4.69) is 0 Å². The monoisotopic (exact) mass is 1270 g/mol. The summed E-state index contributed by atoms with van der Waals surface area (Å²) in [6.45, 7) is 11.4. The van der Waals surface area contributed by atoms with Gasteiger partial charge in [-0.15, -0.1) is 0 Å². The van der Waals surface area contributed by atoms with Crippen LogP contribution in [0.15, 0.2) is 212 Å². The highest BCUT2D eigenvalue weighted by Gasteiger charge is 2.58. The number of carbonyl (C=O) groups is 1. The van der Waals surface area contributed by atoms with E-state index in [1.54, 1.807) is 7.11 Å². The van der Waals surface area contributed by atoms with Crippen molar-refractivity contribution in [1.29, 1.82) is 0 Å². The summed E-state index contributed by atoms with van der Waals surface area (Å²) in [5.74, 6) is -0.495. The molecule has 0 aliphatic carbocycles. The predicted molar refractivity (Wildman–Crippen MR) is 350 cm³/mol. The Morgan fingerprint density at radius 1 is 0.355 bits per heavy atom. The van der Waals surface area contributed by atoms with Gasteiger partial charge < -0.3 is 71.1 Å². The van der Waals surface area contributed by atoms with Crippen molar-refractivity contribution >= 4 is 5.97 Å². The molecule has 93 heavy (non-hydrogen) atoms. The van der Waals surface area contributed by atoms with E-state index >= 15 is 0 Å². The van der Waals surface area contributed by atoms with E-state index in [-0.39, 0.29) is 59.5 Å². The van der Waals surface area contributed by atoms with Crippen molar-refractivity contribution in [3.63, 3.8) is 0 Å². The highest BCUT2D eigenvalue weighted by molar-refractivity contribution is 5.75. The number of benzene rings is 7. The van der Waals surface area contributed by atoms with Crippen LogP contribution in [-0.4, -0.2) is 125 Å². The van der Waals surface area contributed by atoms with Crippen LogP contribution in [0, 0.1) is 5.41 Å². The highest BCUT2D eigenvalue weighted by atomic mass is 16.8. The van der Waals surface area contributed by atoms with Gasteiger partial charge in [-0.25, -0.2) is 0 Å². The maximum atomic E-state index is 14.6. The first-order chi connectivity index (χ1) is 45.5. The fourth-order valence-corrected chi connectivity index (χ4v) is 11.7. The van der Waals surface area contributed by atoms with Crippen molar-refractivity contribution in [3.8, 4) is 0 Å². The Bertz CT molecular complexity index is 3180. The molecule has 3 fully saturated rings. The van der Waals surface area contributed by atoms with E-state index in [9.17, 15) is 4.79 Å². The Morgan fingerprint density at radius 2 is 0.667 bits per heavy atom. The molecule has 3 saturated heterocycles. The van der Waals surface area contributed by atoms with E-state index in [1.807, 2.05) is 247 Å². The summed E-state index contributed by atoms with van der Waals surface area (Å²) in [6, 6.07) is 69.6. The molecule has 6 unspecified atom stereocenters. The minimum atomic E-state index is -1.30. The number of esters is 1. The van der Waals surface area contributed by atoms with E-state index in [4.69, 9.17) is 71.1 Å². The SMILES string of the molecule is CCCO[C@@H]1C(O[C@@H]2OC(COCc3ccccc3)[C@H](OCc3ccccc3)[C@H](OCc3ccccc3)C2OCc2ccccc2)[C@H](OC)OC(COCc2ccccc2)[C@@H]1O[C@@H]1OC(CC)[C@H](OCc2ccccc2)[C@H](OCc2ccccc2)C1OC(=O)C(C)(C)C. The Hall–Kier alpha value is -6.55. The van der Waals surface area contributed by atoms with Crippen molar-refractivity contribution in [2.75, 3.05) is 26.9 Å². The third kappa shape index (κ3) is 20.0. The van der Waals surface area contributed by atoms with Crippen LogP contribution in [0.2, 0.25) is 0 Å². The quantitative estimate of drug-likeness (QED) is 0.0358. The molecule has 7 aromatic carbocycles. The average Bonchev–Trinajstić information content (AvgIpc) is 0.776. The Labute approximate surface area is 548 Å². The zero-order valence-electron chi connectivity index (χ0n) is 54.4. The number of methoxy groups -OCH3 is 1. The summed E-state index contributed by atoms with van der Waals surface area (Å²) >= 11 is 0. The van der Waals surface area contributed by atoms with E-state index in [1.165, 1.54) is 0 Å². The molecular formula is C77H92O16. The summed E-state index contributed by atoms with van der Waals surface area (Å²) in [6.07, 6.45) is -13.5. The third-order valence-electron chi connectivity index (χ3n) is 16.6. The van der Waals surface area contributed by atoms with Gasteiger partial charge in [0, 0.05) is 13.7 Å². The van der Waals surface area contributed by atoms with Crippen LogP contribution in [0.25, 0.3) is 0 Å². The van der Waals surface area contributed by atoms with Gasteiger partial charge in [-0.2, -0.15) is 0 Å². The van der Waals surface area contributed by atoms with Crippen molar-refractivity contribution < 1.29 is 75.8 Å². The van der Waals surface area contributed by atoms with Gasteiger partial charge >= 0.3 is 5.97 Å². The summed E-state index contributed by atoms with van der Waals surface area (Å²) in [5, 5.41) is 0. The molecule has 15 atom stereocenters. The lowest BCUT2D eigenvalue weighted by Gasteiger charge is -2.51. The molecule has 0 aromatic heterocycles. The van der Waals surface area contributed by atoms with Crippen molar-refractivity contribution in [2.45, 2.75) is 186 Å². The Balaban J connectivity index is 1.06. The normalized spacial score (nSPS) is 26.5. The zero-order valence-corrected chi connectivity index (χ0v) is 54.4. The number of ether oxygens (including phenoxy) is 15. The second kappa shape index (κ2) is 35.8. The summed E-state index contributed by atoms with van der Waals surface area (Å²) in [7, 11) is 1.56. The highest BCUT2D eigenvalue weighted by Crippen LogP contribution is 2.40. The van der Waals surface area contributed by atoms with Crippen LogP contribution in [0.1, 0.15) is 86.4 Å². The molecule has 10 rings (SSSR count). The maximum absolute atomic E-state index is 14.6. The smallest absolute Gasteiger partial charge is 0.311 e. The van der Waals surface area contributed by atoms with E-state index in [0.29, 0.717) is 19.4 Å². The first-order valence-electron chi connectivity index (χ1n) is 32.7. The van der Waals surface area contributed by atoms with E-state index < -0.39 is 104 Å². The number of rotatable bonds is 33. The molecule has 496 valence electrons. The molecule has 0 spiro atoms. The molecule has 16 nitrogen and oxygen atoms in total. The number of carbonyl (C=O) groups excluding carboxylic acids is 1. The summed E-state index contributed by atoms with van der Waals surface area (Å²) < 4.78 is 105. The molecule has 3 heterocycles. The molecule has 0 radical (unpaired) electrons. The summed E-state index contributed by atoms with van der Waals surface area (Å²) in [5.41, 5.74) is 5.68. The van der Waals surface area contributed by atoms with Gasteiger partial charge in [0.1, 0.15) is 61.0 Å².